The molecule has 1 amide bonds. The van der Waals surface area contributed by atoms with Crippen LogP contribution in [0.15, 0.2) is 89.9 Å². The quantitative estimate of drug-likeness (QED) is 0.202. The van der Waals surface area contributed by atoms with Gasteiger partial charge in [0.1, 0.15) is 18.1 Å². The van der Waals surface area contributed by atoms with Gasteiger partial charge in [0.25, 0.3) is 5.91 Å². The van der Waals surface area contributed by atoms with Crippen LogP contribution in [0.3, 0.4) is 0 Å². The highest BCUT2D eigenvalue weighted by molar-refractivity contribution is 6.00. The molecule has 0 saturated carbocycles. The first-order valence-corrected chi connectivity index (χ1v) is 12.9. The first kappa shape index (κ1) is 29.6. The second-order valence-corrected chi connectivity index (χ2v) is 9.20. The van der Waals surface area contributed by atoms with Gasteiger partial charge in [-0.1, -0.05) is 54.6 Å². The monoisotopic (exact) mass is 569 g/mol. The van der Waals surface area contributed by atoms with Crippen molar-refractivity contribution in [2.45, 2.75) is 31.3 Å². The van der Waals surface area contributed by atoms with Gasteiger partial charge in [0.2, 0.25) is 5.90 Å². The number of benzene rings is 3. The third-order valence-electron chi connectivity index (χ3n) is 6.08. The summed E-state index contributed by atoms with van der Waals surface area (Å²) in [5.74, 6) is 0.198. The SMILES string of the molecule is O=C(NNCc1ccc(OC(F)(F)F)cc1)[C@]1(C/C=C/c2ccccc2)COC(c2ccc(OCCCO)cc2)=N1. The lowest BCUT2D eigenvalue weighted by Gasteiger charge is -2.22. The van der Waals surface area contributed by atoms with E-state index in [4.69, 9.17) is 19.6 Å². The van der Waals surface area contributed by atoms with Crippen LogP contribution in [0.2, 0.25) is 0 Å². The molecule has 0 fully saturated rings. The molecule has 0 spiro atoms. The highest BCUT2D eigenvalue weighted by Gasteiger charge is 2.43. The number of carbonyl (C=O) groups is 1. The van der Waals surface area contributed by atoms with Crippen molar-refractivity contribution in [3.8, 4) is 11.5 Å². The van der Waals surface area contributed by atoms with Crippen LogP contribution in [0, 0.1) is 0 Å². The molecule has 3 aromatic rings. The van der Waals surface area contributed by atoms with Crippen LogP contribution in [-0.4, -0.2) is 48.6 Å². The van der Waals surface area contributed by atoms with Crippen molar-refractivity contribution in [1.29, 1.82) is 0 Å². The number of aliphatic imine (C=N–C) groups is 1. The summed E-state index contributed by atoms with van der Waals surface area (Å²) in [6, 6.07) is 22.1. The van der Waals surface area contributed by atoms with E-state index in [1.165, 1.54) is 24.3 Å². The second kappa shape index (κ2) is 13.8. The summed E-state index contributed by atoms with van der Waals surface area (Å²) < 4.78 is 52.5. The number of aliphatic hydroxyl groups is 1. The van der Waals surface area contributed by atoms with E-state index in [1.807, 2.05) is 42.5 Å². The molecular weight excluding hydrogens is 539 g/mol. The number of carbonyl (C=O) groups excluding carboxylic acids is 1. The van der Waals surface area contributed by atoms with E-state index in [0.717, 1.165) is 5.56 Å². The maximum Gasteiger partial charge on any atom is 0.573 e. The van der Waals surface area contributed by atoms with Crippen molar-refractivity contribution in [2.24, 2.45) is 4.99 Å². The van der Waals surface area contributed by atoms with Crippen LogP contribution in [0.1, 0.15) is 29.5 Å². The Hall–Kier alpha value is -4.35. The number of nitrogens with zero attached hydrogens (tertiary/aromatic N) is 1. The van der Waals surface area contributed by atoms with Gasteiger partial charge in [-0.2, -0.15) is 0 Å². The minimum absolute atomic E-state index is 0.00715. The smallest absolute Gasteiger partial charge is 0.494 e. The maximum absolute atomic E-state index is 13.4. The van der Waals surface area contributed by atoms with Gasteiger partial charge in [0, 0.05) is 31.6 Å². The van der Waals surface area contributed by atoms with E-state index in [9.17, 15) is 18.0 Å². The van der Waals surface area contributed by atoms with Gasteiger partial charge < -0.3 is 19.3 Å². The van der Waals surface area contributed by atoms with Gasteiger partial charge in [-0.05, 0) is 47.5 Å². The molecule has 0 radical (unpaired) electrons. The van der Waals surface area contributed by atoms with E-state index in [0.29, 0.717) is 35.8 Å². The highest BCUT2D eigenvalue weighted by Crippen LogP contribution is 2.28. The largest absolute Gasteiger partial charge is 0.573 e. The molecule has 3 N–H and O–H groups in total. The molecule has 11 heteroatoms. The highest BCUT2D eigenvalue weighted by atomic mass is 19.4. The number of ether oxygens (including phenoxy) is 3. The van der Waals surface area contributed by atoms with Crippen LogP contribution < -0.4 is 20.3 Å². The standard InChI is InChI=1S/C30H30F3N3O5/c31-30(32,33)41-26-13-9-23(10-14-26)20-34-36-28(38)29(17-4-8-22-6-2-1-3-7-22)21-40-27(35-29)24-11-15-25(16-12-24)39-19-5-18-37/h1-4,6-16,34,37H,5,17-21H2,(H,36,38)/b8-4+/t29-/m0/s1. The molecule has 216 valence electrons. The maximum atomic E-state index is 13.4. The van der Waals surface area contributed by atoms with Crippen molar-refractivity contribution in [1.82, 2.24) is 10.9 Å². The van der Waals surface area contributed by atoms with E-state index in [-0.39, 0.29) is 31.9 Å². The average Bonchev–Trinajstić information content (AvgIpc) is 3.40. The van der Waals surface area contributed by atoms with E-state index in [2.05, 4.69) is 15.6 Å². The zero-order valence-corrected chi connectivity index (χ0v) is 22.1. The van der Waals surface area contributed by atoms with E-state index >= 15 is 0 Å². The number of rotatable bonds is 13. The fourth-order valence-electron chi connectivity index (χ4n) is 3.96. The summed E-state index contributed by atoms with van der Waals surface area (Å²) in [7, 11) is 0. The molecule has 1 aliphatic heterocycles. The van der Waals surface area contributed by atoms with E-state index < -0.39 is 17.8 Å². The number of aliphatic hydroxyl groups excluding tert-OH is 1. The molecule has 1 heterocycles. The Labute approximate surface area is 235 Å². The Balaban J connectivity index is 1.44. The Morgan fingerprint density at radius 3 is 2.41 bits per heavy atom. The van der Waals surface area contributed by atoms with Crippen molar-refractivity contribution in [2.75, 3.05) is 19.8 Å². The summed E-state index contributed by atoms with van der Waals surface area (Å²) in [6.45, 7) is 0.600. The summed E-state index contributed by atoms with van der Waals surface area (Å²) >= 11 is 0. The van der Waals surface area contributed by atoms with Gasteiger partial charge in [0.15, 0.2) is 5.54 Å². The van der Waals surface area contributed by atoms with Crippen molar-refractivity contribution in [3.63, 3.8) is 0 Å². The molecule has 1 atom stereocenters. The van der Waals surface area contributed by atoms with Gasteiger partial charge in [-0.3, -0.25) is 10.2 Å². The van der Waals surface area contributed by atoms with Crippen LogP contribution in [0.4, 0.5) is 13.2 Å². The Morgan fingerprint density at radius 1 is 1.02 bits per heavy atom. The fraction of sp³-hybridized carbons (Fsp3) is 0.267. The van der Waals surface area contributed by atoms with Crippen LogP contribution in [0.25, 0.3) is 6.08 Å². The molecular formula is C30H30F3N3O5. The van der Waals surface area contributed by atoms with E-state index in [1.54, 1.807) is 24.3 Å². The molecule has 41 heavy (non-hydrogen) atoms. The zero-order valence-electron chi connectivity index (χ0n) is 22.1. The van der Waals surface area contributed by atoms with Crippen LogP contribution in [-0.2, 0) is 16.1 Å². The van der Waals surface area contributed by atoms with Gasteiger partial charge in [-0.15, -0.1) is 13.2 Å². The first-order chi connectivity index (χ1) is 19.8. The lowest BCUT2D eigenvalue weighted by molar-refractivity contribution is -0.274. The summed E-state index contributed by atoms with van der Waals surface area (Å²) in [6.07, 6.45) is -0.223. The van der Waals surface area contributed by atoms with Gasteiger partial charge in [-0.25, -0.2) is 10.4 Å². The molecule has 0 unspecified atom stereocenters. The molecule has 0 aliphatic carbocycles. The summed E-state index contributed by atoms with van der Waals surface area (Å²) in [5, 5.41) is 8.91. The fourth-order valence-corrected chi connectivity index (χ4v) is 3.96. The normalized spacial score (nSPS) is 16.7. The number of hydrazine groups is 1. The lowest BCUT2D eigenvalue weighted by atomic mass is 9.95. The molecule has 0 aromatic heterocycles. The molecule has 4 rings (SSSR count). The first-order valence-electron chi connectivity index (χ1n) is 12.9. The number of halogens is 3. The molecule has 1 aliphatic rings. The van der Waals surface area contributed by atoms with Crippen molar-refractivity contribution >= 4 is 17.9 Å². The van der Waals surface area contributed by atoms with Crippen molar-refractivity contribution < 1.29 is 37.3 Å². The van der Waals surface area contributed by atoms with Crippen molar-refractivity contribution in [3.05, 3.63) is 102 Å². The molecule has 0 saturated heterocycles. The Kier molecular flexibility index (Phi) is 9.99. The van der Waals surface area contributed by atoms with Gasteiger partial charge >= 0.3 is 6.36 Å². The third kappa shape index (κ3) is 8.82. The molecule has 0 bridgehead atoms. The summed E-state index contributed by atoms with van der Waals surface area (Å²) in [5.41, 5.74) is 6.51. The van der Waals surface area contributed by atoms with Crippen LogP contribution >= 0.6 is 0 Å². The number of hydrogen-bond donors (Lipinski definition) is 3. The summed E-state index contributed by atoms with van der Waals surface area (Å²) in [4.78, 5) is 18.1. The third-order valence-corrected chi connectivity index (χ3v) is 6.08. The topological polar surface area (TPSA) is 101 Å². The minimum Gasteiger partial charge on any atom is -0.494 e. The molecule has 3 aromatic carbocycles. The number of amides is 1. The number of nitrogens with one attached hydrogen (secondary N) is 2. The lowest BCUT2D eigenvalue weighted by Crippen LogP contribution is -2.51. The second-order valence-electron chi connectivity index (χ2n) is 9.20. The zero-order chi connectivity index (χ0) is 29.1. The minimum atomic E-state index is -4.77. The Bertz CT molecular complexity index is 1330. The predicted molar refractivity (Wildman–Crippen MR) is 147 cm³/mol. The van der Waals surface area contributed by atoms with Crippen LogP contribution in [0.5, 0.6) is 11.5 Å². The molecule has 8 nitrogen and oxygen atoms in total. The number of hydrogen-bond acceptors (Lipinski definition) is 7. The average molecular weight is 570 g/mol. The number of alkyl halides is 3. The van der Waals surface area contributed by atoms with Gasteiger partial charge in [0.05, 0.1) is 6.61 Å². The predicted octanol–water partition coefficient (Wildman–Crippen LogP) is 4.79. The Morgan fingerprint density at radius 2 is 1.73 bits per heavy atom.